The van der Waals surface area contributed by atoms with Crippen LogP contribution < -0.4 is 5.32 Å². The monoisotopic (exact) mass is 274 g/mol. The Labute approximate surface area is 124 Å². The lowest BCUT2D eigenvalue weighted by Gasteiger charge is -2.30. The van der Waals surface area contributed by atoms with Gasteiger partial charge in [0.2, 0.25) is 0 Å². The zero-order valence-corrected chi connectivity index (χ0v) is 13.4. The minimum atomic E-state index is 0.673. The molecule has 20 heavy (non-hydrogen) atoms. The summed E-state index contributed by atoms with van der Waals surface area (Å²) in [6.07, 6.45) is 8.24. The van der Waals surface area contributed by atoms with Crippen molar-refractivity contribution in [3.05, 3.63) is 29.8 Å². The molecule has 1 N–H and O–H groups in total. The van der Waals surface area contributed by atoms with Gasteiger partial charge in [0, 0.05) is 18.3 Å². The van der Waals surface area contributed by atoms with Gasteiger partial charge in [0.25, 0.3) is 0 Å². The van der Waals surface area contributed by atoms with Crippen LogP contribution in [0.15, 0.2) is 24.3 Å². The highest BCUT2D eigenvalue weighted by Crippen LogP contribution is 2.30. The van der Waals surface area contributed by atoms with Gasteiger partial charge in [-0.3, -0.25) is 0 Å². The first-order chi connectivity index (χ1) is 9.69. The van der Waals surface area contributed by atoms with Gasteiger partial charge >= 0.3 is 0 Å². The Morgan fingerprint density at radius 2 is 1.80 bits per heavy atom. The van der Waals surface area contributed by atoms with Crippen LogP contribution in [-0.4, -0.2) is 25.0 Å². The molecule has 2 rings (SSSR count). The third kappa shape index (κ3) is 4.52. The third-order valence-corrected chi connectivity index (χ3v) is 4.41. The fourth-order valence-corrected chi connectivity index (χ4v) is 3.36. The van der Waals surface area contributed by atoms with Crippen molar-refractivity contribution in [2.45, 2.75) is 58.0 Å². The molecule has 2 heteroatoms. The summed E-state index contributed by atoms with van der Waals surface area (Å²) in [5.74, 6) is 0.982. The van der Waals surface area contributed by atoms with Crippen molar-refractivity contribution in [3.8, 4) is 0 Å². The van der Waals surface area contributed by atoms with Crippen LogP contribution in [0.4, 0.5) is 5.69 Å². The Hall–Kier alpha value is -1.02. The minimum Gasteiger partial charge on any atom is -0.382 e. The molecule has 0 heterocycles. The van der Waals surface area contributed by atoms with E-state index in [0.29, 0.717) is 6.04 Å². The van der Waals surface area contributed by atoms with E-state index in [1.54, 1.807) is 0 Å². The van der Waals surface area contributed by atoms with E-state index < -0.39 is 0 Å². The molecule has 1 aromatic rings. The minimum absolute atomic E-state index is 0.673. The van der Waals surface area contributed by atoms with Gasteiger partial charge in [-0.2, -0.15) is 0 Å². The molecule has 0 atom stereocenters. The highest BCUT2D eigenvalue weighted by Gasteiger charge is 2.20. The van der Waals surface area contributed by atoms with Crippen molar-refractivity contribution in [1.29, 1.82) is 0 Å². The van der Waals surface area contributed by atoms with Crippen molar-refractivity contribution < 1.29 is 0 Å². The summed E-state index contributed by atoms with van der Waals surface area (Å²) in [4.78, 5) is 2.23. The fraction of sp³-hybridized carbons (Fsp3) is 0.667. The summed E-state index contributed by atoms with van der Waals surface area (Å²) in [6, 6.07) is 9.43. The van der Waals surface area contributed by atoms with Gasteiger partial charge < -0.3 is 10.2 Å². The first-order valence-corrected chi connectivity index (χ1v) is 8.18. The molecule has 1 aliphatic carbocycles. The van der Waals surface area contributed by atoms with Gasteiger partial charge in [0.1, 0.15) is 0 Å². The quantitative estimate of drug-likeness (QED) is 0.820. The lowest BCUT2D eigenvalue weighted by Crippen LogP contribution is -2.27. The smallest absolute Gasteiger partial charge is 0.0388 e. The van der Waals surface area contributed by atoms with E-state index in [1.807, 2.05) is 0 Å². The topological polar surface area (TPSA) is 15.3 Å². The molecule has 0 aliphatic heterocycles. The van der Waals surface area contributed by atoms with Crippen LogP contribution in [0.1, 0.15) is 51.0 Å². The van der Waals surface area contributed by atoms with E-state index in [9.17, 15) is 0 Å². The summed E-state index contributed by atoms with van der Waals surface area (Å²) in [6.45, 7) is 3.32. The molecule has 1 aromatic carbocycles. The molecule has 1 aliphatic rings. The number of nitrogens with zero attached hydrogens (tertiary/aromatic N) is 1. The molecular formula is C18H30N2. The Morgan fingerprint density at radius 3 is 2.45 bits per heavy atom. The molecule has 0 amide bonds. The lowest BCUT2D eigenvalue weighted by atomic mass is 9.83. The van der Waals surface area contributed by atoms with Crippen molar-refractivity contribution in [1.82, 2.24) is 4.90 Å². The third-order valence-electron chi connectivity index (χ3n) is 4.41. The van der Waals surface area contributed by atoms with Crippen LogP contribution in [0.5, 0.6) is 0 Å². The molecule has 0 bridgehead atoms. The largest absolute Gasteiger partial charge is 0.382 e. The van der Waals surface area contributed by atoms with Gasteiger partial charge in [-0.25, -0.2) is 0 Å². The van der Waals surface area contributed by atoms with Crippen LogP contribution in [0.2, 0.25) is 0 Å². The average Bonchev–Trinajstić information content (AvgIpc) is 2.43. The van der Waals surface area contributed by atoms with Gasteiger partial charge in [0.15, 0.2) is 0 Å². The second-order valence-corrected chi connectivity index (χ2v) is 6.55. The van der Waals surface area contributed by atoms with Crippen LogP contribution in [-0.2, 0) is 6.54 Å². The predicted molar refractivity (Wildman–Crippen MR) is 88.1 cm³/mol. The standard InChI is InChI=1S/C18H30N2/c1-4-7-15-10-12-17(13-11-15)19-18-9-6-5-8-16(18)14-20(2)3/h5-6,8-9,15,17,19H,4,7,10-14H2,1-3H3. The molecule has 0 radical (unpaired) electrons. The van der Waals surface area contributed by atoms with E-state index in [0.717, 1.165) is 12.5 Å². The first kappa shape index (κ1) is 15.4. The van der Waals surface area contributed by atoms with E-state index >= 15 is 0 Å². The first-order valence-electron chi connectivity index (χ1n) is 8.18. The summed E-state index contributed by atoms with van der Waals surface area (Å²) < 4.78 is 0. The number of anilines is 1. The van der Waals surface area contributed by atoms with Crippen molar-refractivity contribution in [3.63, 3.8) is 0 Å². The fourth-order valence-electron chi connectivity index (χ4n) is 3.36. The highest BCUT2D eigenvalue weighted by molar-refractivity contribution is 5.51. The number of para-hydroxylation sites is 1. The molecule has 112 valence electrons. The van der Waals surface area contributed by atoms with Crippen molar-refractivity contribution in [2.75, 3.05) is 19.4 Å². The Kier molecular flexibility index (Phi) is 5.90. The van der Waals surface area contributed by atoms with Crippen LogP contribution in [0.3, 0.4) is 0 Å². The maximum Gasteiger partial charge on any atom is 0.0388 e. The molecule has 0 unspecified atom stereocenters. The predicted octanol–water partition coefficient (Wildman–Crippen LogP) is 4.52. The SMILES string of the molecule is CCCC1CCC(Nc2ccccc2CN(C)C)CC1. The normalized spacial score (nSPS) is 23.0. The summed E-state index contributed by atoms with van der Waals surface area (Å²) in [5, 5.41) is 3.79. The van der Waals surface area contributed by atoms with E-state index in [4.69, 9.17) is 0 Å². The Bertz CT molecular complexity index is 392. The second-order valence-electron chi connectivity index (χ2n) is 6.55. The summed E-state index contributed by atoms with van der Waals surface area (Å²) >= 11 is 0. The maximum absolute atomic E-state index is 3.79. The molecule has 0 aromatic heterocycles. The van der Waals surface area contributed by atoms with E-state index in [-0.39, 0.29) is 0 Å². The summed E-state index contributed by atoms with van der Waals surface area (Å²) in [7, 11) is 4.26. The number of rotatable bonds is 6. The van der Waals surface area contributed by atoms with E-state index in [2.05, 4.69) is 55.5 Å². The number of nitrogens with one attached hydrogen (secondary N) is 1. The number of hydrogen-bond donors (Lipinski definition) is 1. The number of hydrogen-bond acceptors (Lipinski definition) is 2. The Balaban J connectivity index is 1.91. The summed E-state index contributed by atoms with van der Waals surface area (Å²) in [5.41, 5.74) is 2.74. The molecule has 0 saturated heterocycles. The van der Waals surface area contributed by atoms with E-state index in [1.165, 1.54) is 49.8 Å². The van der Waals surface area contributed by atoms with Gasteiger partial charge in [-0.15, -0.1) is 0 Å². The van der Waals surface area contributed by atoms with Gasteiger partial charge in [-0.05, 0) is 57.3 Å². The van der Waals surface area contributed by atoms with Crippen LogP contribution in [0.25, 0.3) is 0 Å². The Morgan fingerprint density at radius 1 is 1.10 bits per heavy atom. The van der Waals surface area contributed by atoms with Crippen LogP contribution >= 0.6 is 0 Å². The molecule has 1 saturated carbocycles. The van der Waals surface area contributed by atoms with Gasteiger partial charge in [0.05, 0.1) is 0 Å². The lowest BCUT2D eigenvalue weighted by molar-refractivity contribution is 0.318. The van der Waals surface area contributed by atoms with Gasteiger partial charge in [-0.1, -0.05) is 38.0 Å². The number of benzene rings is 1. The zero-order valence-electron chi connectivity index (χ0n) is 13.4. The van der Waals surface area contributed by atoms with Crippen molar-refractivity contribution in [2.24, 2.45) is 5.92 Å². The molecule has 2 nitrogen and oxygen atoms in total. The average molecular weight is 274 g/mol. The highest BCUT2D eigenvalue weighted by atomic mass is 15.1. The molecule has 1 fully saturated rings. The maximum atomic E-state index is 3.79. The molecular weight excluding hydrogens is 244 g/mol. The van der Waals surface area contributed by atoms with Crippen LogP contribution in [0, 0.1) is 5.92 Å². The second kappa shape index (κ2) is 7.68. The molecule has 0 spiro atoms. The zero-order chi connectivity index (χ0) is 14.4. The van der Waals surface area contributed by atoms with Crippen molar-refractivity contribution >= 4 is 5.69 Å².